The Morgan fingerprint density at radius 1 is 0.453 bits per heavy atom. The third kappa shape index (κ3) is 5.77. The SMILES string of the molecule is CCCC1(CCC)C2=C(c3ccccc31)C(CCC)(CCC)c1cc(C=Cc3ccc(N(c4ccccc4)c4ccccc4)c4ccccc34)ccc12. The van der Waals surface area contributed by atoms with Crippen LogP contribution in [0, 0.1) is 0 Å². The molecule has 0 heterocycles. The Hall–Kier alpha value is -5.14. The molecular formula is C52H53N. The van der Waals surface area contributed by atoms with E-state index in [9.17, 15) is 0 Å². The largest absolute Gasteiger partial charge is 0.310 e. The van der Waals surface area contributed by atoms with Crippen molar-refractivity contribution in [3.8, 4) is 0 Å². The molecule has 1 heteroatoms. The number of para-hydroxylation sites is 2. The van der Waals surface area contributed by atoms with Crippen LogP contribution in [-0.4, -0.2) is 0 Å². The van der Waals surface area contributed by atoms with Gasteiger partial charge in [0.25, 0.3) is 0 Å². The summed E-state index contributed by atoms with van der Waals surface area (Å²) in [5.74, 6) is 0. The molecule has 0 saturated carbocycles. The molecule has 0 radical (unpaired) electrons. The first-order chi connectivity index (χ1) is 26.1. The van der Waals surface area contributed by atoms with Crippen LogP contribution in [0.3, 0.4) is 0 Å². The predicted molar refractivity (Wildman–Crippen MR) is 230 cm³/mol. The minimum atomic E-state index is 0.0457. The van der Waals surface area contributed by atoms with Crippen LogP contribution >= 0.6 is 0 Å². The molecule has 0 fully saturated rings. The van der Waals surface area contributed by atoms with E-state index < -0.39 is 0 Å². The van der Waals surface area contributed by atoms with E-state index in [2.05, 4.69) is 184 Å². The Morgan fingerprint density at radius 3 is 1.57 bits per heavy atom. The van der Waals surface area contributed by atoms with Gasteiger partial charge in [-0.1, -0.05) is 175 Å². The standard InChI is InChI=1S/C52H53N/c1-5-33-51(34-6-2)46-26-18-17-25-44(46)49-50(51)45-31-28-38(37-47(45)52(49,35-7-3)36-8-4)27-29-39-30-32-48(43-24-16-15-23-42(39)43)53(40-19-11-9-12-20-40)41-21-13-10-14-22-41/h9-32,37H,5-8,33-36H2,1-4H3. The number of hydrogen-bond donors (Lipinski definition) is 0. The zero-order chi connectivity index (χ0) is 36.4. The number of fused-ring (bicyclic) bond motifs is 5. The monoisotopic (exact) mass is 691 g/mol. The van der Waals surface area contributed by atoms with Gasteiger partial charge >= 0.3 is 0 Å². The van der Waals surface area contributed by atoms with Crippen molar-refractivity contribution in [3.63, 3.8) is 0 Å². The lowest BCUT2D eigenvalue weighted by Gasteiger charge is -2.36. The summed E-state index contributed by atoms with van der Waals surface area (Å²) in [4.78, 5) is 2.37. The van der Waals surface area contributed by atoms with Gasteiger partial charge in [0, 0.05) is 27.6 Å². The number of anilines is 3. The van der Waals surface area contributed by atoms with Gasteiger partial charge in [0.05, 0.1) is 5.69 Å². The second-order valence-corrected chi connectivity index (χ2v) is 15.3. The molecule has 0 N–H and O–H groups in total. The Bertz CT molecular complexity index is 2240. The van der Waals surface area contributed by atoms with E-state index in [4.69, 9.17) is 0 Å². The summed E-state index contributed by atoms with van der Waals surface area (Å²) in [6.45, 7) is 9.53. The number of rotatable bonds is 13. The van der Waals surface area contributed by atoms with Crippen LogP contribution in [0.2, 0.25) is 0 Å². The molecule has 1 nitrogen and oxygen atoms in total. The highest BCUT2D eigenvalue weighted by molar-refractivity contribution is 6.10. The first-order valence-electron chi connectivity index (χ1n) is 20.2. The molecule has 0 unspecified atom stereocenters. The quantitative estimate of drug-likeness (QED) is 0.109. The maximum Gasteiger partial charge on any atom is 0.0540 e. The fraction of sp³-hybridized carbons (Fsp3) is 0.269. The number of nitrogens with zero attached hydrogens (tertiary/aromatic N) is 1. The van der Waals surface area contributed by atoms with Crippen molar-refractivity contribution >= 4 is 51.1 Å². The third-order valence-corrected chi connectivity index (χ3v) is 12.1. The van der Waals surface area contributed by atoms with Crippen LogP contribution in [0.4, 0.5) is 17.1 Å². The summed E-state index contributed by atoms with van der Waals surface area (Å²) < 4.78 is 0. The van der Waals surface area contributed by atoms with Gasteiger partial charge in [0.1, 0.15) is 0 Å². The molecule has 0 spiro atoms. The van der Waals surface area contributed by atoms with E-state index >= 15 is 0 Å². The van der Waals surface area contributed by atoms with E-state index in [0.717, 1.165) is 11.4 Å². The van der Waals surface area contributed by atoms with Crippen molar-refractivity contribution in [2.45, 2.75) is 89.9 Å². The Labute approximate surface area is 317 Å². The average Bonchev–Trinajstić information content (AvgIpc) is 3.64. The van der Waals surface area contributed by atoms with Crippen molar-refractivity contribution in [2.75, 3.05) is 4.90 Å². The van der Waals surface area contributed by atoms with Crippen molar-refractivity contribution in [1.29, 1.82) is 0 Å². The van der Waals surface area contributed by atoms with Gasteiger partial charge in [-0.2, -0.15) is 0 Å². The number of hydrogen-bond acceptors (Lipinski definition) is 1. The third-order valence-electron chi connectivity index (χ3n) is 12.1. The molecular weight excluding hydrogens is 639 g/mol. The zero-order valence-corrected chi connectivity index (χ0v) is 32.0. The van der Waals surface area contributed by atoms with Gasteiger partial charge in [-0.15, -0.1) is 0 Å². The van der Waals surface area contributed by atoms with Crippen LogP contribution in [0.1, 0.15) is 112 Å². The summed E-state index contributed by atoms with van der Waals surface area (Å²) in [7, 11) is 0. The van der Waals surface area contributed by atoms with Gasteiger partial charge in [-0.3, -0.25) is 0 Å². The highest BCUT2D eigenvalue weighted by Gasteiger charge is 2.55. The lowest BCUT2D eigenvalue weighted by molar-refractivity contribution is 0.460. The topological polar surface area (TPSA) is 3.24 Å². The summed E-state index contributed by atoms with van der Waals surface area (Å²) in [6.07, 6.45) is 14.2. The van der Waals surface area contributed by atoms with E-state index in [0.29, 0.717) is 0 Å². The molecule has 266 valence electrons. The van der Waals surface area contributed by atoms with Crippen molar-refractivity contribution in [2.24, 2.45) is 0 Å². The molecule has 6 aromatic rings. The molecule has 0 atom stereocenters. The summed E-state index contributed by atoms with van der Waals surface area (Å²) >= 11 is 0. The van der Waals surface area contributed by atoms with Gasteiger partial charge < -0.3 is 4.90 Å². The smallest absolute Gasteiger partial charge is 0.0540 e. The summed E-state index contributed by atoms with van der Waals surface area (Å²) in [6, 6.07) is 51.8. The molecule has 8 rings (SSSR count). The lowest BCUT2D eigenvalue weighted by Crippen LogP contribution is -2.27. The molecule has 6 aromatic carbocycles. The number of allylic oxidation sites excluding steroid dienone is 2. The van der Waals surface area contributed by atoms with Gasteiger partial charge in [0.15, 0.2) is 0 Å². The van der Waals surface area contributed by atoms with E-state index in [-0.39, 0.29) is 10.8 Å². The van der Waals surface area contributed by atoms with E-state index in [1.54, 1.807) is 22.3 Å². The van der Waals surface area contributed by atoms with Crippen LogP contribution in [-0.2, 0) is 10.8 Å². The molecule has 2 aliphatic rings. The van der Waals surface area contributed by atoms with Crippen molar-refractivity contribution in [1.82, 2.24) is 0 Å². The molecule has 53 heavy (non-hydrogen) atoms. The van der Waals surface area contributed by atoms with Crippen LogP contribution in [0.25, 0.3) is 34.1 Å². The highest BCUT2D eigenvalue weighted by Crippen LogP contribution is 2.67. The fourth-order valence-corrected chi connectivity index (χ4v) is 10.3. The van der Waals surface area contributed by atoms with Gasteiger partial charge in [-0.05, 0) is 106 Å². The lowest BCUT2D eigenvalue weighted by atomic mass is 9.67. The molecule has 2 aliphatic carbocycles. The molecule has 0 amide bonds. The molecule has 0 aliphatic heterocycles. The maximum absolute atomic E-state index is 2.57. The predicted octanol–water partition coefficient (Wildman–Crippen LogP) is 15.1. The first kappa shape index (κ1) is 34.9. The number of benzene rings is 6. The highest BCUT2D eigenvalue weighted by atomic mass is 15.1. The van der Waals surface area contributed by atoms with Crippen LogP contribution in [0.15, 0.2) is 140 Å². The average molecular weight is 692 g/mol. The second kappa shape index (κ2) is 14.7. The Morgan fingerprint density at radius 2 is 0.962 bits per heavy atom. The molecule has 0 saturated heterocycles. The normalized spacial score (nSPS) is 15.2. The second-order valence-electron chi connectivity index (χ2n) is 15.3. The van der Waals surface area contributed by atoms with Crippen LogP contribution < -0.4 is 4.90 Å². The summed E-state index contributed by atoms with van der Waals surface area (Å²) in [5.41, 5.74) is 15.7. The maximum atomic E-state index is 2.57. The minimum Gasteiger partial charge on any atom is -0.310 e. The molecule has 0 aromatic heterocycles. The van der Waals surface area contributed by atoms with Crippen molar-refractivity contribution in [3.05, 3.63) is 173 Å². The Kier molecular flexibility index (Phi) is 9.69. The Balaban J connectivity index is 1.24. The van der Waals surface area contributed by atoms with Crippen molar-refractivity contribution < 1.29 is 0 Å². The fourth-order valence-electron chi connectivity index (χ4n) is 10.3. The first-order valence-corrected chi connectivity index (χ1v) is 20.2. The van der Waals surface area contributed by atoms with Gasteiger partial charge in [-0.25, -0.2) is 0 Å². The summed E-state index contributed by atoms with van der Waals surface area (Å²) in [5, 5.41) is 2.50. The minimum absolute atomic E-state index is 0.0457. The van der Waals surface area contributed by atoms with Gasteiger partial charge in [0.2, 0.25) is 0 Å². The molecule has 0 bridgehead atoms. The zero-order valence-electron chi connectivity index (χ0n) is 32.0. The van der Waals surface area contributed by atoms with Crippen LogP contribution in [0.5, 0.6) is 0 Å². The van der Waals surface area contributed by atoms with E-state index in [1.165, 1.54) is 90.1 Å². The van der Waals surface area contributed by atoms with E-state index in [1.807, 2.05) is 0 Å².